The molecule has 0 aromatic rings. The summed E-state index contributed by atoms with van der Waals surface area (Å²) in [7, 11) is 0. The lowest BCUT2D eigenvalue weighted by molar-refractivity contribution is -0.152. The zero-order chi connectivity index (χ0) is 16.4. The van der Waals surface area contributed by atoms with E-state index in [-0.39, 0.29) is 17.9 Å². The van der Waals surface area contributed by atoms with Crippen LogP contribution in [-0.4, -0.2) is 24.3 Å². The third-order valence-corrected chi connectivity index (χ3v) is 4.30. The SMILES string of the molecule is CCC(C)CCNC(=O)C1C=CC(C2(C(F)(F)F)NN2)=CC1. The Balaban J connectivity index is 1.85. The van der Waals surface area contributed by atoms with Crippen LogP contribution in [0.5, 0.6) is 0 Å². The van der Waals surface area contributed by atoms with Crippen LogP contribution in [0, 0.1) is 11.8 Å². The average Bonchev–Trinajstić information content (AvgIpc) is 3.28. The highest BCUT2D eigenvalue weighted by atomic mass is 19.4. The topological polar surface area (TPSA) is 73.0 Å². The van der Waals surface area contributed by atoms with Crippen LogP contribution in [-0.2, 0) is 4.79 Å². The number of allylic oxidation sites excluding steroid dienone is 1. The summed E-state index contributed by atoms with van der Waals surface area (Å²) in [5, 5.41) is 2.84. The quantitative estimate of drug-likeness (QED) is 0.659. The van der Waals surface area contributed by atoms with Gasteiger partial charge in [-0.1, -0.05) is 38.5 Å². The van der Waals surface area contributed by atoms with Gasteiger partial charge in [-0.3, -0.25) is 4.79 Å². The van der Waals surface area contributed by atoms with Gasteiger partial charge in [-0.05, 0) is 24.3 Å². The van der Waals surface area contributed by atoms with Crippen LogP contribution in [0.2, 0.25) is 0 Å². The van der Waals surface area contributed by atoms with Crippen LogP contribution >= 0.6 is 0 Å². The van der Waals surface area contributed by atoms with E-state index in [0.717, 1.165) is 12.8 Å². The smallest absolute Gasteiger partial charge is 0.356 e. The first kappa shape index (κ1) is 17.0. The van der Waals surface area contributed by atoms with E-state index < -0.39 is 17.8 Å². The Morgan fingerprint density at radius 3 is 2.64 bits per heavy atom. The maximum absolute atomic E-state index is 12.9. The molecule has 1 amide bonds. The van der Waals surface area contributed by atoms with Gasteiger partial charge in [0.25, 0.3) is 0 Å². The summed E-state index contributed by atoms with van der Waals surface area (Å²) in [5.74, 6) is 0.0182. The molecule has 7 heteroatoms. The van der Waals surface area contributed by atoms with Crippen LogP contribution in [0.15, 0.2) is 23.8 Å². The number of halogens is 3. The number of alkyl halides is 3. The van der Waals surface area contributed by atoms with Gasteiger partial charge < -0.3 is 5.32 Å². The molecule has 124 valence electrons. The monoisotopic (exact) mass is 317 g/mol. The van der Waals surface area contributed by atoms with Crippen molar-refractivity contribution in [3.05, 3.63) is 23.8 Å². The van der Waals surface area contributed by atoms with Gasteiger partial charge in [0.1, 0.15) is 0 Å². The first-order valence-electron chi connectivity index (χ1n) is 7.57. The third kappa shape index (κ3) is 3.52. The molecular weight excluding hydrogens is 295 g/mol. The van der Waals surface area contributed by atoms with Crippen molar-refractivity contribution in [2.75, 3.05) is 6.54 Å². The lowest BCUT2D eigenvalue weighted by Gasteiger charge is -2.22. The Hall–Kier alpha value is -1.34. The number of carbonyl (C=O) groups is 1. The lowest BCUT2D eigenvalue weighted by atomic mass is 9.91. The number of hydrogen-bond donors (Lipinski definition) is 3. The summed E-state index contributed by atoms with van der Waals surface area (Å²) in [6.07, 6.45) is 2.23. The van der Waals surface area contributed by atoms with Gasteiger partial charge in [-0.2, -0.15) is 13.2 Å². The molecule has 1 saturated heterocycles. The zero-order valence-corrected chi connectivity index (χ0v) is 12.8. The minimum Gasteiger partial charge on any atom is -0.356 e. The summed E-state index contributed by atoms with van der Waals surface area (Å²) in [4.78, 5) is 12.0. The highest BCUT2D eigenvalue weighted by Crippen LogP contribution is 2.41. The molecular formula is C15H22F3N3O. The number of nitrogens with one attached hydrogen (secondary N) is 3. The van der Waals surface area contributed by atoms with E-state index in [9.17, 15) is 18.0 Å². The number of amides is 1. The van der Waals surface area contributed by atoms with Crippen LogP contribution < -0.4 is 16.2 Å². The average molecular weight is 317 g/mol. The van der Waals surface area contributed by atoms with Crippen molar-refractivity contribution in [1.29, 1.82) is 0 Å². The highest BCUT2D eigenvalue weighted by molar-refractivity contribution is 5.81. The minimum absolute atomic E-state index is 0.114. The molecule has 3 N–H and O–H groups in total. The normalized spacial score (nSPS) is 24.6. The van der Waals surface area contributed by atoms with Crippen LogP contribution in [0.4, 0.5) is 13.2 Å². The van der Waals surface area contributed by atoms with Gasteiger partial charge >= 0.3 is 6.18 Å². The Morgan fingerprint density at radius 1 is 1.50 bits per heavy atom. The molecule has 1 fully saturated rings. The Labute approximate surface area is 128 Å². The molecule has 0 saturated carbocycles. The van der Waals surface area contributed by atoms with Crippen molar-refractivity contribution in [1.82, 2.24) is 16.2 Å². The highest BCUT2D eigenvalue weighted by Gasteiger charge is 2.65. The van der Waals surface area contributed by atoms with Crippen LogP contribution in [0.25, 0.3) is 0 Å². The molecule has 0 spiro atoms. The molecule has 0 aromatic carbocycles. The molecule has 22 heavy (non-hydrogen) atoms. The van der Waals surface area contributed by atoms with Gasteiger partial charge in [-0.25, -0.2) is 10.9 Å². The standard InChI is InChI=1S/C15H22F3N3O/c1-3-10(2)8-9-19-13(22)11-4-6-12(7-5-11)14(20-21-14)15(16,17)18/h4,6-7,10-11,20-21H,3,5,8-9H2,1-2H3,(H,19,22). The summed E-state index contributed by atoms with van der Waals surface area (Å²) in [6.45, 7) is 4.82. The molecule has 0 bridgehead atoms. The van der Waals surface area contributed by atoms with E-state index in [1.54, 1.807) is 6.08 Å². The van der Waals surface area contributed by atoms with E-state index in [2.05, 4.69) is 30.0 Å². The number of rotatable bonds is 6. The molecule has 2 atom stereocenters. The van der Waals surface area contributed by atoms with Crippen molar-refractivity contribution in [2.24, 2.45) is 11.8 Å². The van der Waals surface area contributed by atoms with Gasteiger partial charge in [0.2, 0.25) is 11.6 Å². The Bertz CT molecular complexity index is 481. The molecule has 2 rings (SSSR count). The minimum atomic E-state index is -4.41. The van der Waals surface area contributed by atoms with Crippen molar-refractivity contribution in [3.63, 3.8) is 0 Å². The largest absolute Gasteiger partial charge is 0.426 e. The van der Waals surface area contributed by atoms with E-state index in [4.69, 9.17) is 0 Å². The number of hydrazine groups is 1. The number of hydrogen-bond acceptors (Lipinski definition) is 3. The van der Waals surface area contributed by atoms with Gasteiger partial charge in [0.15, 0.2) is 0 Å². The van der Waals surface area contributed by atoms with Gasteiger partial charge in [0.05, 0.1) is 5.92 Å². The van der Waals surface area contributed by atoms with Crippen LogP contribution in [0.1, 0.15) is 33.1 Å². The first-order valence-corrected chi connectivity index (χ1v) is 7.57. The summed E-state index contributed by atoms with van der Waals surface area (Å²) in [5.41, 5.74) is 2.30. The first-order chi connectivity index (χ1) is 10.3. The van der Waals surface area contributed by atoms with Crippen molar-refractivity contribution < 1.29 is 18.0 Å². The second-order valence-electron chi connectivity index (χ2n) is 5.95. The molecule has 2 unspecified atom stereocenters. The van der Waals surface area contributed by atoms with Gasteiger partial charge in [-0.15, -0.1) is 0 Å². The molecule has 1 aliphatic heterocycles. The molecule has 2 aliphatic rings. The fraction of sp³-hybridized carbons (Fsp3) is 0.667. The summed E-state index contributed by atoms with van der Waals surface area (Å²) < 4.78 is 38.8. The Morgan fingerprint density at radius 2 is 2.18 bits per heavy atom. The predicted octanol–water partition coefficient (Wildman–Crippen LogP) is 2.41. The zero-order valence-electron chi connectivity index (χ0n) is 12.8. The van der Waals surface area contributed by atoms with Crippen molar-refractivity contribution in [3.8, 4) is 0 Å². The van der Waals surface area contributed by atoms with E-state index >= 15 is 0 Å². The second-order valence-corrected chi connectivity index (χ2v) is 5.95. The lowest BCUT2D eigenvalue weighted by Crippen LogP contribution is -2.40. The maximum Gasteiger partial charge on any atom is 0.426 e. The summed E-state index contributed by atoms with van der Waals surface area (Å²) in [6, 6.07) is 0. The molecule has 0 radical (unpaired) electrons. The third-order valence-electron chi connectivity index (χ3n) is 4.30. The second kappa shape index (κ2) is 6.42. The van der Waals surface area contributed by atoms with E-state index in [0.29, 0.717) is 12.5 Å². The molecule has 1 heterocycles. The fourth-order valence-electron chi connectivity index (χ4n) is 2.38. The fourth-order valence-corrected chi connectivity index (χ4v) is 2.38. The predicted molar refractivity (Wildman–Crippen MR) is 77.5 cm³/mol. The van der Waals surface area contributed by atoms with E-state index in [1.807, 2.05) is 0 Å². The molecule has 4 nitrogen and oxygen atoms in total. The number of carbonyl (C=O) groups excluding carboxylic acids is 1. The van der Waals surface area contributed by atoms with Gasteiger partial charge in [0, 0.05) is 6.54 Å². The van der Waals surface area contributed by atoms with Crippen LogP contribution in [0.3, 0.4) is 0 Å². The van der Waals surface area contributed by atoms with E-state index in [1.165, 1.54) is 12.2 Å². The maximum atomic E-state index is 12.9. The Kier molecular flexibility index (Phi) is 4.97. The summed E-state index contributed by atoms with van der Waals surface area (Å²) >= 11 is 0. The molecule has 0 aromatic heterocycles. The molecule has 1 aliphatic carbocycles. The van der Waals surface area contributed by atoms with Crippen molar-refractivity contribution in [2.45, 2.75) is 44.9 Å². The van der Waals surface area contributed by atoms with Crippen molar-refractivity contribution >= 4 is 5.91 Å².